The van der Waals surface area contributed by atoms with Crippen LogP contribution < -0.4 is 5.73 Å². The second-order valence-corrected chi connectivity index (χ2v) is 5.17. The van der Waals surface area contributed by atoms with Gasteiger partial charge in [0.1, 0.15) is 0 Å². The molecule has 1 radical (unpaired) electrons. The Kier molecular flexibility index (Phi) is 4.25. The lowest BCUT2D eigenvalue weighted by molar-refractivity contribution is 0.307. The fourth-order valence-corrected chi connectivity index (χ4v) is 2.56. The van der Waals surface area contributed by atoms with Gasteiger partial charge in [0, 0.05) is 5.02 Å². The van der Waals surface area contributed by atoms with Crippen molar-refractivity contribution in [3.8, 4) is 0 Å². The Bertz CT molecular complexity index is 312. The highest BCUT2D eigenvalue weighted by Gasteiger charge is 2.20. The van der Waals surface area contributed by atoms with Crippen molar-refractivity contribution in [3.05, 3.63) is 41.3 Å². The Balaban J connectivity index is 1.84. The van der Waals surface area contributed by atoms with Crippen molar-refractivity contribution in [1.29, 1.82) is 0 Å². The van der Waals surface area contributed by atoms with E-state index in [0.717, 1.165) is 23.4 Å². The zero-order chi connectivity index (χ0) is 11.4. The van der Waals surface area contributed by atoms with E-state index >= 15 is 0 Å². The SMILES string of the molecule is NCC1CCC([CH]c2ccc(Cl)cc2)CC1. The number of benzene rings is 1. The first-order valence-corrected chi connectivity index (χ1v) is 6.46. The summed E-state index contributed by atoms with van der Waals surface area (Å²) in [5, 5.41) is 0.809. The van der Waals surface area contributed by atoms with E-state index in [0.29, 0.717) is 0 Å². The molecule has 1 fully saturated rings. The highest BCUT2D eigenvalue weighted by atomic mass is 35.5. The van der Waals surface area contributed by atoms with Crippen LogP contribution in [0.15, 0.2) is 24.3 Å². The quantitative estimate of drug-likeness (QED) is 0.852. The smallest absolute Gasteiger partial charge is 0.0406 e. The number of hydrogen-bond donors (Lipinski definition) is 1. The van der Waals surface area contributed by atoms with Crippen LogP contribution in [0.5, 0.6) is 0 Å². The van der Waals surface area contributed by atoms with Crippen molar-refractivity contribution in [1.82, 2.24) is 0 Å². The van der Waals surface area contributed by atoms with E-state index in [-0.39, 0.29) is 0 Å². The monoisotopic (exact) mass is 236 g/mol. The Labute approximate surface area is 103 Å². The van der Waals surface area contributed by atoms with Crippen LogP contribution in [0.3, 0.4) is 0 Å². The highest BCUT2D eigenvalue weighted by Crippen LogP contribution is 2.31. The maximum atomic E-state index is 5.86. The molecule has 1 saturated carbocycles. The van der Waals surface area contributed by atoms with Gasteiger partial charge in [0.2, 0.25) is 0 Å². The summed E-state index contributed by atoms with van der Waals surface area (Å²) in [6, 6.07) is 8.10. The molecule has 0 aliphatic heterocycles. The maximum Gasteiger partial charge on any atom is 0.0406 e. The molecule has 1 nitrogen and oxygen atoms in total. The molecule has 0 bridgehead atoms. The molecule has 1 aliphatic rings. The van der Waals surface area contributed by atoms with Gasteiger partial charge in [-0.3, -0.25) is 0 Å². The van der Waals surface area contributed by atoms with E-state index < -0.39 is 0 Å². The zero-order valence-electron chi connectivity index (χ0n) is 9.53. The van der Waals surface area contributed by atoms with Crippen molar-refractivity contribution in [2.24, 2.45) is 17.6 Å². The Morgan fingerprint density at radius 2 is 1.75 bits per heavy atom. The summed E-state index contributed by atoms with van der Waals surface area (Å²) in [6.45, 7) is 0.855. The summed E-state index contributed by atoms with van der Waals surface area (Å²) in [5.74, 6) is 1.49. The second kappa shape index (κ2) is 5.70. The van der Waals surface area contributed by atoms with E-state index in [1.807, 2.05) is 12.1 Å². The van der Waals surface area contributed by atoms with Gasteiger partial charge in [0.15, 0.2) is 0 Å². The van der Waals surface area contributed by atoms with Crippen molar-refractivity contribution in [3.63, 3.8) is 0 Å². The van der Waals surface area contributed by atoms with Gasteiger partial charge in [-0.25, -0.2) is 0 Å². The van der Waals surface area contributed by atoms with E-state index in [1.165, 1.54) is 31.2 Å². The number of nitrogens with two attached hydrogens (primary N) is 1. The minimum Gasteiger partial charge on any atom is -0.330 e. The first-order chi connectivity index (χ1) is 7.78. The number of hydrogen-bond acceptors (Lipinski definition) is 1. The minimum absolute atomic E-state index is 0.726. The van der Waals surface area contributed by atoms with Gasteiger partial charge in [-0.1, -0.05) is 23.7 Å². The molecule has 2 rings (SSSR count). The van der Waals surface area contributed by atoms with Gasteiger partial charge in [-0.05, 0) is 68.2 Å². The van der Waals surface area contributed by atoms with E-state index in [1.54, 1.807) is 0 Å². The third-order valence-electron chi connectivity index (χ3n) is 3.52. The lowest BCUT2D eigenvalue weighted by atomic mass is 9.79. The van der Waals surface area contributed by atoms with Crippen LogP contribution in [-0.4, -0.2) is 6.54 Å². The summed E-state index contributed by atoms with van der Waals surface area (Å²) < 4.78 is 0. The molecular formula is C14H19ClN. The normalized spacial score (nSPS) is 25.6. The minimum atomic E-state index is 0.726. The largest absolute Gasteiger partial charge is 0.330 e. The fourth-order valence-electron chi connectivity index (χ4n) is 2.44. The molecule has 16 heavy (non-hydrogen) atoms. The van der Waals surface area contributed by atoms with Crippen LogP contribution in [0, 0.1) is 18.3 Å². The average Bonchev–Trinajstić information content (AvgIpc) is 2.33. The van der Waals surface area contributed by atoms with Crippen molar-refractivity contribution < 1.29 is 0 Å². The van der Waals surface area contributed by atoms with Gasteiger partial charge < -0.3 is 5.73 Å². The maximum absolute atomic E-state index is 5.86. The van der Waals surface area contributed by atoms with Crippen molar-refractivity contribution in [2.45, 2.75) is 25.7 Å². The van der Waals surface area contributed by atoms with Crippen molar-refractivity contribution in [2.75, 3.05) is 6.54 Å². The molecule has 0 aromatic heterocycles. The zero-order valence-corrected chi connectivity index (χ0v) is 10.3. The van der Waals surface area contributed by atoms with Gasteiger partial charge in [-0.15, -0.1) is 0 Å². The second-order valence-electron chi connectivity index (χ2n) is 4.73. The first-order valence-electron chi connectivity index (χ1n) is 6.08. The molecule has 0 amide bonds. The lowest BCUT2D eigenvalue weighted by Gasteiger charge is -2.27. The molecule has 1 aromatic carbocycles. The predicted octanol–water partition coefficient (Wildman–Crippen LogP) is 3.66. The van der Waals surface area contributed by atoms with Crippen LogP contribution >= 0.6 is 11.6 Å². The summed E-state index contributed by atoms with van der Waals surface area (Å²) in [7, 11) is 0. The molecule has 0 atom stereocenters. The van der Waals surface area contributed by atoms with Gasteiger partial charge in [0.25, 0.3) is 0 Å². The molecule has 1 aromatic rings. The van der Waals surface area contributed by atoms with Crippen LogP contribution in [0.25, 0.3) is 0 Å². The molecule has 0 heterocycles. The van der Waals surface area contributed by atoms with Crippen LogP contribution in [0.1, 0.15) is 31.2 Å². The third kappa shape index (κ3) is 3.23. The van der Waals surface area contributed by atoms with Gasteiger partial charge >= 0.3 is 0 Å². The molecule has 87 valence electrons. The van der Waals surface area contributed by atoms with Crippen LogP contribution in [-0.2, 0) is 0 Å². The van der Waals surface area contributed by atoms with Gasteiger partial charge in [-0.2, -0.15) is 0 Å². The Morgan fingerprint density at radius 3 is 2.31 bits per heavy atom. The van der Waals surface area contributed by atoms with Crippen LogP contribution in [0.4, 0.5) is 0 Å². The number of halogens is 1. The summed E-state index contributed by atoms with van der Waals surface area (Å²) >= 11 is 5.86. The summed E-state index contributed by atoms with van der Waals surface area (Å²) in [5.41, 5.74) is 6.99. The molecule has 0 unspecified atom stereocenters. The lowest BCUT2D eigenvalue weighted by Crippen LogP contribution is -2.21. The Morgan fingerprint density at radius 1 is 1.12 bits per heavy atom. The standard InChI is InChI=1S/C14H19ClN/c15-14-7-5-12(6-8-14)9-11-1-3-13(10-16)4-2-11/h5-9,11,13H,1-4,10,16H2. The highest BCUT2D eigenvalue weighted by molar-refractivity contribution is 6.30. The van der Waals surface area contributed by atoms with Gasteiger partial charge in [0.05, 0.1) is 0 Å². The van der Waals surface area contributed by atoms with Crippen LogP contribution in [0.2, 0.25) is 5.02 Å². The third-order valence-corrected chi connectivity index (χ3v) is 3.77. The summed E-state index contributed by atoms with van der Waals surface area (Å²) in [4.78, 5) is 0. The molecule has 0 saturated heterocycles. The topological polar surface area (TPSA) is 26.0 Å². The fraction of sp³-hybridized carbons (Fsp3) is 0.500. The average molecular weight is 237 g/mol. The van der Waals surface area contributed by atoms with E-state index in [4.69, 9.17) is 17.3 Å². The summed E-state index contributed by atoms with van der Waals surface area (Å²) in [6.07, 6.45) is 7.51. The first kappa shape index (κ1) is 11.9. The number of rotatable bonds is 3. The molecule has 1 aliphatic carbocycles. The molecule has 2 N–H and O–H groups in total. The van der Waals surface area contributed by atoms with E-state index in [2.05, 4.69) is 18.6 Å². The molecule has 0 spiro atoms. The van der Waals surface area contributed by atoms with E-state index in [9.17, 15) is 0 Å². The predicted molar refractivity (Wildman–Crippen MR) is 69.4 cm³/mol. The Hall–Kier alpha value is -0.530. The molecule has 2 heteroatoms. The van der Waals surface area contributed by atoms with Crippen molar-refractivity contribution >= 4 is 11.6 Å². The molecular weight excluding hydrogens is 218 g/mol.